The summed E-state index contributed by atoms with van der Waals surface area (Å²) >= 11 is 3.37. The SMILES string of the molecule is CCOC(=O)Oc1ccc(C(=O)Nc2cccc(NC(=O)Cc3ccc(Br)cc3)c2)cc1. The van der Waals surface area contributed by atoms with Crippen molar-refractivity contribution in [3.8, 4) is 5.75 Å². The van der Waals surface area contributed by atoms with Gasteiger partial charge < -0.3 is 20.1 Å². The normalized spacial score (nSPS) is 10.2. The number of hydrogen-bond acceptors (Lipinski definition) is 5. The zero-order chi connectivity index (χ0) is 22.9. The number of ether oxygens (including phenoxy) is 2. The monoisotopic (exact) mass is 496 g/mol. The number of nitrogens with one attached hydrogen (secondary N) is 2. The Balaban J connectivity index is 1.57. The van der Waals surface area contributed by atoms with Crippen molar-refractivity contribution in [3.63, 3.8) is 0 Å². The fourth-order valence-corrected chi connectivity index (χ4v) is 3.05. The molecule has 2 N–H and O–H groups in total. The maximum Gasteiger partial charge on any atom is 0.513 e. The van der Waals surface area contributed by atoms with Crippen LogP contribution in [-0.2, 0) is 16.0 Å². The van der Waals surface area contributed by atoms with Crippen molar-refractivity contribution in [1.29, 1.82) is 0 Å². The molecule has 32 heavy (non-hydrogen) atoms. The highest BCUT2D eigenvalue weighted by atomic mass is 79.9. The number of benzene rings is 3. The van der Waals surface area contributed by atoms with Gasteiger partial charge in [-0.05, 0) is 67.1 Å². The molecule has 0 bridgehead atoms. The summed E-state index contributed by atoms with van der Waals surface area (Å²) < 4.78 is 10.6. The van der Waals surface area contributed by atoms with E-state index in [2.05, 4.69) is 26.6 Å². The first-order valence-electron chi connectivity index (χ1n) is 9.83. The number of hydrogen-bond donors (Lipinski definition) is 2. The Kier molecular flexibility index (Phi) is 7.99. The smallest absolute Gasteiger partial charge is 0.434 e. The van der Waals surface area contributed by atoms with Crippen LogP contribution in [-0.4, -0.2) is 24.6 Å². The zero-order valence-electron chi connectivity index (χ0n) is 17.3. The van der Waals surface area contributed by atoms with Gasteiger partial charge in [0.05, 0.1) is 13.0 Å². The summed E-state index contributed by atoms with van der Waals surface area (Å²) in [6, 6.07) is 20.5. The Morgan fingerprint density at radius 1 is 0.875 bits per heavy atom. The summed E-state index contributed by atoms with van der Waals surface area (Å²) in [4.78, 5) is 36.2. The second-order valence-corrected chi connectivity index (χ2v) is 7.61. The van der Waals surface area contributed by atoms with Gasteiger partial charge in [-0.25, -0.2) is 4.79 Å². The van der Waals surface area contributed by atoms with E-state index in [1.165, 1.54) is 24.3 Å². The van der Waals surface area contributed by atoms with Crippen LogP contribution in [0.3, 0.4) is 0 Å². The lowest BCUT2D eigenvalue weighted by Crippen LogP contribution is -2.15. The standard InChI is InChI=1S/C24H21BrN2O5/c1-2-31-24(30)32-21-12-8-17(9-13-21)23(29)27-20-5-3-4-19(15-20)26-22(28)14-16-6-10-18(25)11-7-16/h3-13,15H,2,14H2,1H3,(H,26,28)(H,27,29). The van der Waals surface area contributed by atoms with Gasteiger partial charge in [0.2, 0.25) is 5.91 Å². The average Bonchev–Trinajstić information content (AvgIpc) is 2.76. The molecule has 0 saturated carbocycles. The van der Waals surface area contributed by atoms with E-state index < -0.39 is 6.16 Å². The van der Waals surface area contributed by atoms with E-state index in [9.17, 15) is 14.4 Å². The van der Waals surface area contributed by atoms with Crippen LogP contribution in [0.2, 0.25) is 0 Å². The average molecular weight is 497 g/mol. The molecule has 0 aromatic heterocycles. The number of carbonyl (C=O) groups excluding carboxylic acids is 3. The van der Waals surface area contributed by atoms with E-state index in [1.807, 2.05) is 24.3 Å². The molecular formula is C24H21BrN2O5. The van der Waals surface area contributed by atoms with Gasteiger partial charge in [0.1, 0.15) is 5.75 Å². The summed E-state index contributed by atoms with van der Waals surface area (Å²) in [5.41, 5.74) is 2.38. The highest BCUT2D eigenvalue weighted by molar-refractivity contribution is 9.10. The molecule has 0 unspecified atom stereocenters. The van der Waals surface area contributed by atoms with Gasteiger partial charge in [-0.2, -0.15) is 0 Å². The van der Waals surface area contributed by atoms with Gasteiger partial charge >= 0.3 is 6.16 Å². The van der Waals surface area contributed by atoms with Crippen LogP contribution >= 0.6 is 15.9 Å². The highest BCUT2D eigenvalue weighted by Crippen LogP contribution is 2.18. The Morgan fingerprint density at radius 3 is 2.19 bits per heavy atom. The lowest BCUT2D eigenvalue weighted by molar-refractivity contribution is -0.115. The van der Waals surface area contributed by atoms with Crippen molar-refractivity contribution in [2.45, 2.75) is 13.3 Å². The van der Waals surface area contributed by atoms with Crippen molar-refractivity contribution >= 4 is 45.3 Å². The minimum absolute atomic E-state index is 0.159. The van der Waals surface area contributed by atoms with Crippen LogP contribution in [0, 0.1) is 0 Å². The zero-order valence-corrected chi connectivity index (χ0v) is 18.8. The summed E-state index contributed by atoms with van der Waals surface area (Å²) in [7, 11) is 0. The number of rotatable bonds is 7. The van der Waals surface area contributed by atoms with Gasteiger partial charge in [0.25, 0.3) is 5.91 Å². The summed E-state index contributed by atoms with van der Waals surface area (Å²) in [5.74, 6) is -0.227. The molecule has 3 rings (SSSR count). The number of carbonyl (C=O) groups is 3. The third-order valence-electron chi connectivity index (χ3n) is 4.26. The predicted octanol–water partition coefficient (Wildman–Crippen LogP) is 5.42. The van der Waals surface area contributed by atoms with Crippen LogP contribution in [0.1, 0.15) is 22.8 Å². The first-order valence-corrected chi connectivity index (χ1v) is 10.6. The molecule has 0 saturated heterocycles. The van der Waals surface area contributed by atoms with Gasteiger partial charge in [0, 0.05) is 21.4 Å². The van der Waals surface area contributed by atoms with Crippen LogP contribution in [0.4, 0.5) is 16.2 Å². The molecular weight excluding hydrogens is 476 g/mol. The number of halogens is 1. The molecule has 164 valence electrons. The Labute approximate surface area is 193 Å². The first-order chi connectivity index (χ1) is 15.4. The van der Waals surface area contributed by atoms with Crippen molar-refractivity contribution in [1.82, 2.24) is 0 Å². The lowest BCUT2D eigenvalue weighted by Gasteiger charge is -2.10. The molecule has 2 amide bonds. The quantitative estimate of drug-likeness (QED) is 0.336. The van der Waals surface area contributed by atoms with Crippen LogP contribution in [0.5, 0.6) is 5.75 Å². The van der Waals surface area contributed by atoms with Crippen molar-refractivity contribution in [2.24, 2.45) is 0 Å². The molecule has 8 heteroatoms. The minimum Gasteiger partial charge on any atom is -0.434 e. The molecule has 7 nitrogen and oxygen atoms in total. The van der Waals surface area contributed by atoms with E-state index >= 15 is 0 Å². The molecule has 0 aliphatic rings. The molecule has 0 aliphatic heterocycles. The van der Waals surface area contributed by atoms with E-state index in [1.54, 1.807) is 31.2 Å². The molecule has 0 atom stereocenters. The summed E-state index contributed by atoms with van der Waals surface area (Å²) in [5, 5.41) is 5.61. The minimum atomic E-state index is -0.802. The second kappa shape index (κ2) is 11.1. The van der Waals surface area contributed by atoms with Crippen molar-refractivity contribution < 1.29 is 23.9 Å². The van der Waals surface area contributed by atoms with Gasteiger partial charge in [-0.1, -0.05) is 34.1 Å². The van der Waals surface area contributed by atoms with Gasteiger partial charge in [0.15, 0.2) is 0 Å². The maximum absolute atomic E-state index is 12.5. The largest absolute Gasteiger partial charge is 0.513 e. The van der Waals surface area contributed by atoms with Crippen LogP contribution < -0.4 is 15.4 Å². The fraction of sp³-hybridized carbons (Fsp3) is 0.125. The molecule has 0 fully saturated rings. The Morgan fingerprint density at radius 2 is 1.53 bits per heavy atom. The number of amides is 2. The predicted molar refractivity (Wildman–Crippen MR) is 125 cm³/mol. The van der Waals surface area contributed by atoms with Crippen molar-refractivity contribution in [2.75, 3.05) is 17.2 Å². The molecule has 0 heterocycles. The second-order valence-electron chi connectivity index (χ2n) is 6.70. The Hall–Kier alpha value is -3.65. The maximum atomic E-state index is 12.5. The van der Waals surface area contributed by atoms with Gasteiger partial charge in [-0.15, -0.1) is 0 Å². The third kappa shape index (κ3) is 6.95. The van der Waals surface area contributed by atoms with E-state index in [-0.39, 0.29) is 30.6 Å². The van der Waals surface area contributed by atoms with Crippen molar-refractivity contribution in [3.05, 3.63) is 88.4 Å². The van der Waals surface area contributed by atoms with E-state index in [4.69, 9.17) is 9.47 Å². The van der Waals surface area contributed by atoms with Gasteiger partial charge in [-0.3, -0.25) is 9.59 Å². The van der Waals surface area contributed by atoms with E-state index in [0.717, 1.165) is 10.0 Å². The molecule has 0 spiro atoms. The fourth-order valence-electron chi connectivity index (χ4n) is 2.79. The first kappa shape index (κ1) is 23.0. The Bertz CT molecular complexity index is 1100. The third-order valence-corrected chi connectivity index (χ3v) is 4.79. The highest BCUT2D eigenvalue weighted by Gasteiger charge is 2.10. The lowest BCUT2D eigenvalue weighted by atomic mass is 10.1. The topological polar surface area (TPSA) is 93.7 Å². The molecule has 3 aromatic carbocycles. The molecule has 0 radical (unpaired) electrons. The molecule has 0 aliphatic carbocycles. The molecule has 3 aromatic rings. The van der Waals surface area contributed by atoms with E-state index in [0.29, 0.717) is 16.9 Å². The number of anilines is 2. The summed E-state index contributed by atoms with van der Waals surface area (Å²) in [6.45, 7) is 1.89. The summed E-state index contributed by atoms with van der Waals surface area (Å²) in [6.07, 6.45) is -0.562. The van der Waals surface area contributed by atoms with Crippen LogP contribution in [0.25, 0.3) is 0 Å². The van der Waals surface area contributed by atoms with Crippen LogP contribution in [0.15, 0.2) is 77.3 Å².